The Labute approximate surface area is 85.8 Å². The molecule has 1 aromatic rings. The van der Waals surface area contributed by atoms with Crippen LogP contribution in [-0.4, -0.2) is 31.3 Å². The maximum absolute atomic E-state index is 11.3. The van der Waals surface area contributed by atoms with Gasteiger partial charge in [0.2, 0.25) is 0 Å². The van der Waals surface area contributed by atoms with Crippen molar-refractivity contribution in [1.29, 1.82) is 0 Å². The highest BCUT2D eigenvalue weighted by Gasteiger charge is 2.10. The minimum Gasteiger partial charge on any atom is -0.458 e. The molecule has 2 N–H and O–H groups in total. The van der Waals surface area contributed by atoms with Gasteiger partial charge in [0.15, 0.2) is 5.69 Å². The van der Waals surface area contributed by atoms with Gasteiger partial charge in [0.25, 0.3) is 0 Å². The molecule has 0 atom stereocenters. The lowest BCUT2D eigenvalue weighted by molar-refractivity contribution is 0.0382. The third-order valence-electron chi connectivity index (χ3n) is 1.46. The van der Waals surface area contributed by atoms with Gasteiger partial charge in [0.1, 0.15) is 11.6 Å². The van der Waals surface area contributed by atoms with Crippen molar-refractivity contribution in [2.24, 2.45) is 5.73 Å². The molecule has 6 heteroatoms. The summed E-state index contributed by atoms with van der Waals surface area (Å²) < 4.78 is 9.61. The van der Waals surface area contributed by atoms with E-state index in [0.29, 0.717) is 18.8 Å². The molecule has 0 saturated carbocycles. The van der Waals surface area contributed by atoms with E-state index >= 15 is 0 Å². The fraction of sp³-hybridized carbons (Fsp3) is 0.500. The Morgan fingerprint density at radius 1 is 1.64 bits per heavy atom. The van der Waals surface area contributed by atoms with Crippen LogP contribution < -0.4 is 5.73 Å². The SMILES string of the molecule is COCCOC(=O)c1csc(CN)n1. The minimum atomic E-state index is -0.432. The number of carbonyl (C=O) groups excluding carboxylic acids is 1. The molecule has 0 aliphatic carbocycles. The van der Waals surface area contributed by atoms with Crippen LogP contribution in [0.1, 0.15) is 15.5 Å². The molecular formula is C8H12N2O3S. The molecule has 0 radical (unpaired) electrons. The number of thiazole rings is 1. The van der Waals surface area contributed by atoms with Gasteiger partial charge >= 0.3 is 5.97 Å². The first-order chi connectivity index (χ1) is 6.77. The molecule has 0 aliphatic heterocycles. The smallest absolute Gasteiger partial charge is 0.357 e. The molecule has 0 bridgehead atoms. The standard InChI is InChI=1S/C8H12N2O3S/c1-12-2-3-13-8(11)6-5-14-7(4-9)10-6/h5H,2-4,9H2,1H3. The summed E-state index contributed by atoms with van der Waals surface area (Å²) in [5.74, 6) is -0.432. The van der Waals surface area contributed by atoms with Crippen molar-refractivity contribution in [3.8, 4) is 0 Å². The second-order valence-electron chi connectivity index (χ2n) is 2.46. The minimum absolute atomic E-state index is 0.241. The van der Waals surface area contributed by atoms with Crippen LogP contribution in [0.5, 0.6) is 0 Å². The number of rotatable bonds is 5. The van der Waals surface area contributed by atoms with E-state index in [1.165, 1.54) is 11.3 Å². The lowest BCUT2D eigenvalue weighted by Gasteiger charge is -2.00. The van der Waals surface area contributed by atoms with Gasteiger partial charge in [-0.1, -0.05) is 0 Å². The average molecular weight is 216 g/mol. The number of hydrogen-bond acceptors (Lipinski definition) is 6. The molecule has 5 nitrogen and oxygen atoms in total. The van der Waals surface area contributed by atoms with Crippen molar-refractivity contribution in [3.05, 3.63) is 16.1 Å². The van der Waals surface area contributed by atoms with E-state index in [1.807, 2.05) is 0 Å². The number of esters is 1. The van der Waals surface area contributed by atoms with E-state index in [9.17, 15) is 4.79 Å². The van der Waals surface area contributed by atoms with Gasteiger partial charge in [-0.25, -0.2) is 9.78 Å². The average Bonchev–Trinajstić information content (AvgIpc) is 2.66. The molecule has 0 aliphatic rings. The zero-order chi connectivity index (χ0) is 10.4. The van der Waals surface area contributed by atoms with Crippen LogP contribution in [0.3, 0.4) is 0 Å². The molecule has 0 amide bonds. The van der Waals surface area contributed by atoms with Crippen molar-refractivity contribution < 1.29 is 14.3 Å². The summed E-state index contributed by atoms with van der Waals surface area (Å²) in [5, 5.41) is 2.36. The van der Waals surface area contributed by atoms with Crippen LogP contribution in [0.2, 0.25) is 0 Å². The van der Waals surface area contributed by atoms with Gasteiger partial charge in [-0.3, -0.25) is 0 Å². The topological polar surface area (TPSA) is 74.4 Å². The summed E-state index contributed by atoms with van der Waals surface area (Å²) in [6, 6.07) is 0. The van der Waals surface area contributed by atoms with E-state index in [1.54, 1.807) is 12.5 Å². The summed E-state index contributed by atoms with van der Waals surface area (Å²) in [6.45, 7) is 0.973. The molecule has 0 unspecified atom stereocenters. The fourth-order valence-corrected chi connectivity index (χ4v) is 1.43. The van der Waals surface area contributed by atoms with E-state index in [-0.39, 0.29) is 6.61 Å². The third-order valence-corrected chi connectivity index (χ3v) is 2.33. The monoisotopic (exact) mass is 216 g/mol. The molecular weight excluding hydrogens is 204 g/mol. The summed E-state index contributed by atoms with van der Waals surface area (Å²) in [7, 11) is 1.54. The normalized spacial score (nSPS) is 10.1. The fourth-order valence-electron chi connectivity index (χ4n) is 0.790. The van der Waals surface area contributed by atoms with Crippen LogP contribution in [0.4, 0.5) is 0 Å². The van der Waals surface area contributed by atoms with Crippen LogP contribution in [0.15, 0.2) is 5.38 Å². The number of methoxy groups -OCH3 is 1. The first kappa shape index (κ1) is 11.1. The molecule has 1 rings (SSSR count). The highest BCUT2D eigenvalue weighted by atomic mass is 32.1. The molecule has 0 spiro atoms. The predicted octanol–water partition coefficient (Wildman–Crippen LogP) is 0.405. The van der Waals surface area contributed by atoms with Gasteiger partial charge in [-0.15, -0.1) is 11.3 Å². The highest BCUT2D eigenvalue weighted by Crippen LogP contribution is 2.09. The zero-order valence-corrected chi connectivity index (χ0v) is 8.67. The number of hydrogen-bond donors (Lipinski definition) is 1. The Hall–Kier alpha value is -0.980. The lowest BCUT2D eigenvalue weighted by Crippen LogP contribution is -2.10. The van der Waals surface area contributed by atoms with E-state index in [4.69, 9.17) is 15.2 Å². The Morgan fingerprint density at radius 3 is 3.00 bits per heavy atom. The van der Waals surface area contributed by atoms with Gasteiger partial charge in [-0.2, -0.15) is 0 Å². The Kier molecular flexibility index (Phi) is 4.51. The third kappa shape index (κ3) is 3.06. The molecule has 0 fully saturated rings. The van der Waals surface area contributed by atoms with E-state index in [2.05, 4.69) is 4.98 Å². The number of nitrogens with two attached hydrogens (primary N) is 1. The number of carbonyl (C=O) groups is 1. The first-order valence-electron chi connectivity index (χ1n) is 4.08. The molecule has 78 valence electrons. The molecule has 1 aromatic heterocycles. The quantitative estimate of drug-likeness (QED) is 0.570. The number of ether oxygens (including phenoxy) is 2. The lowest BCUT2D eigenvalue weighted by atomic mass is 10.5. The second-order valence-corrected chi connectivity index (χ2v) is 3.40. The largest absolute Gasteiger partial charge is 0.458 e. The Balaban J connectivity index is 2.44. The van der Waals surface area contributed by atoms with Gasteiger partial charge in [-0.05, 0) is 0 Å². The summed E-state index contributed by atoms with van der Waals surface area (Å²) >= 11 is 1.35. The second kappa shape index (κ2) is 5.69. The predicted molar refractivity (Wildman–Crippen MR) is 52.2 cm³/mol. The van der Waals surface area contributed by atoms with Crippen molar-refractivity contribution >= 4 is 17.3 Å². The zero-order valence-electron chi connectivity index (χ0n) is 7.86. The molecule has 0 aromatic carbocycles. The van der Waals surface area contributed by atoms with Gasteiger partial charge in [0.05, 0.1) is 6.61 Å². The maximum Gasteiger partial charge on any atom is 0.357 e. The van der Waals surface area contributed by atoms with E-state index < -0.39 is 5.97 Å². The van der Waals surface area contributed by atoms with Crippen molar-refractivity contribution in [1.82, 2.24) is 4.98 Å². The van der Waals surface area contributed by atoms with Crippen LogP contribution in [-0.2, 0) is 16.0 Å². The van der Waals surface area contributed by atoms with Gasteiger partial charge in [0, 0.05) is 19.0 Å². The van der Waals surface area contributed by atoms with Crippen molar-refractivity contribution in [3.63, 3.8) is 0 Å². The maximum atomic E-state index is 11.3. The summed E-state index contributed by atoms with van der Waals surface area (Å²) in [4.78, 5) is 15.3. The first-order valence-corrected chi connectivity index (χ1v) is 4.96. The highest BCUT2D eigenvalue weighted by molar-refractivity contribution is 7.09. The van der Waals surface area contributed by atoms with Crippen LogP contribution in [0.25, 0.3) is 0 Å². The van der Waals surface area contributed by atoms with Gasteiger partial charge < -0.3 is 15.2 Å². The number of aromatic nitrogens is 1. The van der Waals surface area contributed by atoms with Crippen molar-refractivity contribution in [2.45, 2.75) is 6.54 Å². The van der Waals surface area contributed by atoms with E-state index in [0.717, 1.165) is 5.01 Å². The number of nitrogens with zero attached hydrogens (tertiary/aromatic N) is 1. The Morgan fingerprint density at radius 2 is 2.43 bits per heavy atom. The molecule has 0 saturated heterocycles. The molecule has 1 heterocycles. The molecule has 14 heavy (non-hydrogen) atoms. The summed E-state index contributed by atoms with van der Waals surface area (Å²) in [6.07, 6.45) is 0. The Bertz CT molecular complexity index is 301. The van der Waals surface area contributed by atoms with Crippen molar-refractivity contribution in [2.75, 3.05) is 20.3 Å². The van der Waals surface area contributed by atoms with Crippen LogP contribution >= 0.6 is 11.3 Å². The summed E-state index contributed by atoms with van der Waals surface area (Å²) in [5.41, 5.74) is 5.67. The van der Waals surface area contributed by atoms with Crippen LogP contribution in [0, 0.1) is 0 Å².